The normalized spacial score (nSPS) is 13.0. The van der Waals surface area contributed by atoms with Crippen LogP contribution in [0.4, 0.5) is 0 Å². The van der Waals surface area contributed by atoms with Gasteiger partial charge in [-0.25, -0.2) is 0 Å². The summed E-state index contributed by atoms with van der Waals surface area (Å²) in [5.41, 5.74) is 5.61. The van der Waals surface area contributed by atoms with E-state index in [9.17, 15) is 0 Å². The number of rotatable bonds is 4. The summed E-state index contributed by atoms with van der Waals surface area (Å²) in [4.78, 5) is 9.03. The van der Waals surface area contributed by atoms with E-state index in [0.717, 1.165) is 28.4 Å². The van der Waals surface area contributed by atoms with Gasteiger partial charge in [-0.2, -0.15) is 11.3 Å². The molecule has 0 saturated heterocycles. The Hall–Kier alpha value is -2.95. The van der Waals surface area contributed by atoms with Crippen LogP contribution in [0.3, 0.4) is 0 Å². The molecule has 2 nitrogen and oxygen atoms in total. The van der Waals surface area contributed by atoms with Gasteiger partial charge in [-0.15, -0.1) is 58.8 Å². The molecule has 0 N–H and O–H groups in total. The van der Waals surface area contributed by atoms with Crippen molar-refractivity contribution in [2.24, 2.45) is 0 Å². The molecule has 197 valence electrons. The monoisotopic (exact) mass is 719 g/mol. The van der Waals surface area contributed by atoms with Crippen molar-refractivity contribution in [2.45, 2.75) is 38.4 Å². The van der Waals surface area contributed by atoms with Gasteiger partial charge in [0, 0.05) is 45.3 Å². The Morgan fingerprint density at radius 2 is 1.62 bits per heavy atom. The molecule has 1 radical (unpaired) electrons. The summed E-state index contributed by atoms with van der Waals surface area (Å²) in [5, 5.41) is 4.32. The minimum absolute atomic E-state index is 0. The molecule has 1 saturated carbocycles. The van der Waals surface area contributed by atoms with Gasteiger partial charge in [-0.05, 0) is 57.9 Å². The first kappa shape index (κ1) is 27.6. The summed E-state index contributed by atoms with van der Waals surface area (Å²) in [7, 11) is -1.46. The van der Waals surface area contributed by atoms with Crippen LogP contribution in [-0.4, -0.2) is 18.0 Å². The predicted octanol–water partition coefficient (Wildman–Crippen LogP) is 8.89. The number of benzene rings is 3. The smallest absolute Gasteiger partial charge is 0.0300 e. The average Bonchev–Trinajstić information content (AvgIpc) is 3.73. The Kier molecular flexibility index (Phi) is 8.25. The number of fused-ring (bicyclic) bond motifs is 3. The zero-order chi connectivity index (χ0) is 26.1. The van der Waals surface area contributed by atoms with Crippen molar-refractivity contribution in [3.8, 4) is 22.5 Å². The zero-order valence-corrected chi connectivity index (χ0v) is 26.6. The number of hydrogen-bond donors (Lipinski definition) is 0. The minimum Gasteiger partial charge on any atom is -0.305 e. The second-order valence-electron chi connectivity index (χ2n) is 10.9. The van der Waals surface area contributed by atoms with Gasteiger partial charge < -0.3 is 9.97 Å². The van der Waals surface area contributed by atoms with E-state index in [0.29, 0.717) is 0 Å². The standard InChI is InChI=1S/C23H22NSSi.C11H8N.Ir/c1-26(2,3)21-13-11-17(19-12-10-16(14-24-19)15-8-9-15)23-22(21)18-6-4-5-7-20(18)25-23;1-2-6-10(7-3-1)11-8-4-5-9-12-11;/h4-7,10,12-15H,8-9H2,1-3H3;1-6,8-9H;/q2*-1;. The van der Waals surface area contributed by atoms with Crippen molar-refractivity contribution >= 4 is 44.8 Å². The summed E-state index contributed by atoms with van der Waals surface area (Å²) in [5.74, 6) is 0.749. The van der Waals surface area contributed by atoms with E-state index < -0.39 is 8.07 Å². The van der Waals surface area contributed by atoms with Crippen molar-refractivity contribution < 1.29 is 20.1 Å². The summed E-state index contributed by atoms with van der Waals surface area (Å²) in [6, 6.07) is 35.9. The molecule has 0 aliphatic heterocycles. The van der Waals surface area contributed by atoms with Gasteiger partial charge in [-0.1, -0.05) is 67.5 Å². The fraction of sp³-hybridized carbons (Fsp3) is 0.176. The van der Waals surface area contributed by atoms with Crippen LogP contribution in [0.25, 0.3) is 42.7 Å². The predicted molar refractivity (Wildman–Crippen MR) is 165 cm³/mol. The van der Waals surface area contributed by atoms with Gasteiger partial charge in [0.15, 0.2) is 0 Å². The van der Waals surface area contributed by atoms with Crippen molar-refractivity contribution in [3.63, 3.8) is 0 Å². The van der Waals surface area contributed by atoms with Crippen LogP contribution in [-0.2, 0) is 20.1 Å². The molecule has 3 heterocycles. The molecule has 3 aromatic carbocycles. The molecular weight excluding hydrogens is 689 g/mol. The molecule has 3 aromatic heterocycles. The van der Waals surface area contributed by atoms with E-state index in [1.807, 2.05) is 53.8 Å². The van der Waals surface area contributed by atoms with Crippen LogP contribution >= 0.6 is 11.3 Å². The van der Waals surface area contributed by atoms with Gasteiger partial charge in [0.1, 0.15) is 0 Å². The maximum atomic E-state index is 4.81. The molecule has 6 aromatic rings. The van der Waals surface area contributed by atoms with Crippen LogP contribution in [0.1, 0.15) is 24.3 Å². The number of aromatic nitrogens is 2. The zero-order valence-electron chi connectivity index (χ0n) is 22.4. The van der Waals surface area contributed by atoms with Gasteiger partial charge in [0.05, 0.1) is 0 Å². The molecular formula is C34H30IrN2SSi-2. The Balaban J connectivity index is 0.000000200. The van der Waals surface area contributed by atoms with Crippen LogP contribution in [0, 0.1) is 12.1 Å². The van der Waals surface area contributed by atoms with E-state index in [1.54, 1.807) is 6.20 Å². The molecule has 1 fully saturated rings. The Bertz CT molecular complexity index is 1650. The molecule has 1 aliphatic carbocycles. The van der Waals surface area contributed by atoms with E-state index in [-0.39, 0.29) is 20.1 Å². The Labute approximate surface area is 249 Å². The first-order valence-electron chi connectivity index (χ1n) is 13.2. The molecule has 0 unspecified atom stereocenters. The van der Waals surface area contributed by atoms with E-state index in [2.05, 4.69) is 85.4 Å². The largest absolute Gasteiger partial charge is 0.305 e. The summed E-state index contributed by atoms with van der Waals surface area (Å²) in [6.07, 6.45) is 6.50. The third-order valence-electron chi connectivity index (χ3n) is 7.00. The van der Waals surface area contributed by atoms with Crippen molar-refractivity contribution in [1.29, 1.82) is 0 Å². The summed E-state index contributed by atoms with van der Waals surface area (Å²) < 4.78 is 2.70. The quantitative estimate of drug-likeness (QED) is 0.135. The second-order valence-corrected chi connectivity index (χ2v) is 17.0. The molecule has 0 amide bonds. The van der Waals surface area contributed by atoms with Crippen LogP contribution in [0.15, 0.2) is 97.3 Å². The number of hydrogen-bond acceptors (Lipinski definition) is 3. The van der Waals surface area contributed by atoms with E-state index >= 15 is 0 Å². The third kappa shape index (κ3) is 5.97. The Morgan fingerprint density at radius 3 is 2.28 bits per heavy atom. The van der Waals surface area contributed by atoms with Gasteiger partial charge in [0.25, 0.3) is 0 Å². The molecule has 0 spiro atoms. The fourth-order valence-corrected chi connectivity index (χ4v) is 7.68. The second kappa shape index (κ2) is 11.7. The van der Waals surface area contributed by atoms with Gasteiger partial charge >= 0.3 is 0 Å². The molecule has 1 aliphatic rings. The Morgan fingerprint density at radius 1 is 0.821 bits per heavy atom. The van der Waals surface area contributed by atoms with Crippen molar-refractivity contribution in [1.82, 2.24) is 9.97 Å². The number of nitrogens with zero attached hydrogens (tertiary/aromatic N) is 2. The van der Waals surface area contributed by atoms with Gasteiger partial charge in [0.2, 0.25) is 0 Å². The summed E-state index contributed by atoms with van der Waals surface area (Å²) in [6.45, 7) is 7.26. The molecule has 39 heavy (non-hydrogen) atoms. The number of pyridine rings is 2. The first-order valence-corrected chi connectivity index (χ1v) is 17.5. The van der Waals surface area contributed by atoms with Crippen molar-refractivity contribution in [3.05, 3.63) is 115 Å². The topological polar surface area (TPSA) is 25.8 Å². The SMILES string of the molecule is C[Si](C)(C)c1c[c-]c(-c2ccc(C3CC3)cn2)c2sc3ccccc3c12.[Ir].[c-]1ccccc1-c1ccccn1. The molecule has 0 atom stereocenters. The first-order chi connectivity index (χ1) is 18.5. The third-order valence-corrected chi connectivity index (χ3v) is 10.2. The molecule has 0 bridgehead atoms. The minimum atomic E-state index is -1.46. The number of thiophene rings is 1. The van der Waals surface area contributed by atoms with Crippen molar-refractivity contribution in [2.75, 3.05) is 0 Å². The van der Waals surface area contributed by atoms with Crippen LogP contribution in [0.5, 0.6) is 0 Å². The van der Waals surface area contributed by atoms with E-state index in [1.165, 1.54) is 43.8 Å². The maximum Gasteiger partial charge on any atom is 0.0300 e. The van der Waals surface area contributed by atoms with E-state index in [4.69, 9.17) is 4.98 Å². The maximum absolute atomic E-state index is 4.81. The average molecular weight is 719 g/mol. The molecule has 7 rings (SSSR count). The van der Waals surface area contributed by atoms with Crippen LogP contribution < -0.4 is 5.19 Å². The van der Waals surface area contributed by atoms with Gasteiger partial charge in [-0.3, -0.25) is 0 Å². The molecule has 5 heteroatoms. The fourth-order valence-electron chi connectivity index (χ4n) is 4.84. The van der Waals surface area contributed by atoms with Crippen LogP contribution in [0.2, 0.25) is 19.6 Å². The summed E-state index contributed by atoms with van der Waals surface area (Å²) >= 11 is 1.89.